The number of carbonyl (C=O) groups excluding carboxylic acids is 1. The van der Waals surface area contributed by atoms with Gasteiger partial charge in [-0.1, -0.05) is 18.2 Å². The van der Waals surface area contributed by atoms with Gasteiger partial charge >= 0.3 is 0 Å². The molecule has 8 heteroatoms. The van der Waals surface area contributed by atoms with E-state index in [2.05, 4.69) is 37.8 Å². The fourth-order valence-electron chi connectivity index (χ4n) is 3.31. The summed E-state index contributed by atoms with van der Waals surface area (Å²) >= 11 is 0. The maximum atomic E-state index is 12.5. The van der Waals surface area contributed by atoms with Crippen LogP contribution in [0.3, 0.4) is 0 Å². The van der Waals surface area contributed by atoms with Crippen molar-refractivity contribution in [2.24, 2.45) is 0 Å². The first-order valence-electron chi connectivity index (χ1n) is 9.88. The van der Waals surface area contributed by atoms with E-state index in [1.807, 2.05) is 18.3 Å². The summed E-state index contributed by atoms with van der Waals surface area (Å²) in [5.41, 5.74) is 2.01. The first-order valence-corrected chi connectivity index (χ1v) is 11.4. The second-order valence-electron chi connectivity index (χ2n) is 7.04. The summed E-state index contributed by atoms with van der Waals surface area (Å²) in [6.07, 6.45) is 5.84. The Morgan fingerprint density at radius 2 is 1.68 bits per heavy atom. The van der Waals surface area contributed by atoms with Gasteiger partial charge in [0.15, 0.2) is 0 Å². The van der Waals surface area contributed by atoms with Gasteiger partial charge in [0.05, 0.1) is 10.6 Å². The Kier molecular flexibility index (Phi) is 5.99. The number of fused-ring (bicyclic) bond motifs is 1. The molecule has 0 spiro atoms. The lowest BCUT2D eigenvalue weighted by Gasteiger charge is -2.09. The summed E-state index contributed by atoms with van der Waals surface area (Å²) in [6.45, 7) is 1.32. The number of hydrogen-bond donors (Lipinski definition) is 2. The minimum atomic E-state index is -3.73. The predicted octanol–water partition coefficient (Wildman–Crippen LogP) is 3.66. The Balaban J connectivity index is 1.31. The zero-order valence-electron chi connectivity index (χ0n) is 16.7. The highest BCUT2D eigenvalue weighted by Gasteiger charge is 2.15. The van der Waals surface area contributed by atoms with Crippen LogP contribution in [-0.4, -0.2) is 30.4 Å². The molecule has 4 aromatic rings. The molecule has 0 saturated heterocycles. The average Bonchev–Trinajstić information content (AvgIpc) is 3.20. The molecule has 0 aliphatic carbocycles. The Morgan fingerprint density at radius 1 is 0.935 bits per heavy atom. The number of benzene rings is 2. The molecule has 4 rings (SSSR count). The quantitative estimate of drug-likeness (QED) is 0.414. The molecular weight excluding hydrogens is 412 g/mol. The molecule has 0 aliphatic rings. The van der Waals surface area contributed by atoms with Gasteiger partial charge < -0.3 is 9.88 Å². The lowest BCUT2D eigenvalue weighted by molar-refractivity contribution is 0.0952. The van der Waals surface area contributed by atoms with E-state index in [0.29, 0.717) is 17.8 Å². The van der Waals surface area contributed by atoms with Crippen LogP contribution < -0.4 is 10.0 Å². The van der Waals surface area contributed by atoms with Crippen LogP contribution in [0.2, 0.25) is 0 Å². The molecule has 2 aromatic carbocycles. The summed E-state index contributed by atoms with van der Waals surface area (Å²) in [5.74, 6) is -0.233. The van der Waals surface area contributed by atoms with Gasteiger partial charge in [-0.2, -0.15) is 0 Å². The van der Waals surface area contributed by atoms with Gasteiger partial charge in [-0.3, -0.25) is 14.5 Å². The molecule has 31 heavy (non-hydrogen) atoms. The van der Waals surface area contributed by atoms with Crippen molar-refractivity contribution in [1.29, 1.82) is 0 Å². The van der Waals surface area contributed by atoms with E-state index in [-0.39, 0.29) is 10.8 Å². The van der Waals surface area contributed by atoms with Gasteiger partial charge in [-0.15, -0.1) is 0 Å². The number of hydrogen-bond acceptors (Lipinski definition) is 4. The number of pyridine rings is 1. The van der Waals surface area contributed by atoms with Crippen molar-refractivity contribution in [3.63, 3.8) is 0 Å². The molecule has 0 unspecified atom stereocenters. The first-order chi connectivity index (χ1) is 15.0. The van der Waals surface area contributed by atoms with Crippen molar-refractivity contribution in [2.45, 2.75) is 17.9 Å². The fraction of sp³-hybridized carbons (Fsp3) is 0.130. The van der Waals surface area contributed by atoms with Crippen LogP contribution in [0, 0.1) is 0 Å². The number of aryl methyl sites for hydroxylation is 1. The first kappa shape index (κ1) is 20.6. The lowest BCUT2D eigenvalue weighted by atomic mass is 10.2. The number of aromatic nitrogens is 2. The Labute approximate surface area is 180 Å². The predicted molar refractivity (Wildman–Crippen MR) is 120 cm³/mol. The molecule has 0 bridgehead atoms. The zero-order valence-corrected chi connectivity index (χ0v) is 17.5. The smallest absolute Gasteiger partial charge is 0.261 e. The van der Waals surface area contributed by atoms with E-state index < -0.39 is 10.0 Å². The third-order valence-corrected chi connectivity index (χ3v) is 6.30. The second kappa shape index (κ2) is 9.01. The normalized spacial score (nSPS) is 11.4. The number of rotatable bonds is 8. The van der Waals surface area contributed by atoms with Gasteiger partial charge in [-0.25, -0.2) is 8.42 Å². The summed E-state index contributed by atoms with van der Waals surface area (Å²) in [5, 5.41) is 4.08. The van der Waals surface area contributed by atoms with Crippen LogP contribution in [0.4, 0.5) is 5.69 Å². The van der Waals surface area contributed by atoms with Gasteiger partial charge in [0.1, 0.15) is 0 Å². The largest absolute Gasteiger partial charge is 0.352 e. The van der Waals surface area contributed by atoms with E-state index in [1.54, 1.807) is 12.1 Å². The maximum absolute atomic E-state index is 12.5. The van der Waals surface area contributed by atoms with Crippen molar-refractivity contribution in [2.75, 3.05) is 11.3 Å². The standard InChI is InChI=1S/C23H22N4O3S/c28-23(25-13-3-16-27-17-12-18-4-1-2-5-22(18)27)19-6-8-21(9-7-19)31(29,30)26-20-10-14-24-15-11-20/h1-2,4-12,14-15,17H,3,13,16H2,(H,24,26)(H,25,28). The number of nitrogens with one attached hydrogen (secondary N) is 2. The van der Waals surface area contributed by atoms with Crippen LogP contribution in [0.5, 0.6) is 0 Å². The van der Waals surface area contributed by atoms with Gasteiger partial charge in [0.2, 0.25) is 0 Å². The average molecular weight is 435 g/mol. The molecule has 0 atom stereocenters. The highest BCUT2D eigenvalue weighted by molar-refractivity contribution is 7.92. The topological polar surface area (TPSA) is 93.1 Å². The minimum absolute atomic E-state index is 0.0837. The summed E-state index contributed by atoms with van der Waals surface area (Å²) in [7, 11) is -3.73. The van der Waals surface area contributed by atoms with Crippen LogP contribution in [0.25, 0.3) is 10.9 Å². The van der Waals surface area contributed by atoms with Crippen molar-refractivity contribution in [3.05, 3.63) is 90.9 Å². The zero-order chi connectivity index (χ0) is 21.7. The number of nitrogens with zero attached hydrogens (tertiary/aromatic N) is 2. The molecule has 2 heterocycles. The highest BCUT2D eigenvalue weighted by atomic mass is 32.2. The minimum Gasteiger partial charge on any atom is -0.352 e. The number of para-hydroxylation sites is 1. The van der Waals surface area contributed by atoms with E-state index in [9.17, 15) is 13.2 Å². The molecule has 0 saturated carbocycles. The van der Waals surface area contributed by atoms with Gasteiger partial charge in [0.25, 0.3) is 15.9 Å². The summed E-state index contributed by atoms with van der Waals surface area (Å²) < 4.78 is 29.6. The van der Waals surface area contributed by atoms with Crippen molar-refractivity contribution in [1.82, 2.24) is 14.9 Å². The highest BCUT2D eigenvalue weighted by Crippen LogP contribution is 2.17. The SMILES string of the molecule is O=C(NCCCn1ccc2ccccc21)c1ccc(S(=O)(=O)Nc2ccncc2)cc1. The van der Waals surface area contributed by atoms with Crippen LogP contribution in [-0.2, 0) is 16.6 Å². The molecule has 0 radical (unpaired) electrons. The van der Waals surface area contributed by atoms with Crippen molar-refractivity contribution >= 4 is 32.5 Å². The third kappa shape index (κ3) is 4.92. The fourth-order valence-corrected chi connectivity index (χ4v) is 4.37. The number of anilines is 1. The number of sulfonamides is 1. The number of amides is 1. The van der Waals surface area contributed by atoms with E-state index in [0.717, 1.165) is 13.0 Å². The van der Waals surface area contributed by atoms with Crippen molar-refractivity contribution in [3.8, 4) is 0 Å². The van der Waals surface area contributed by atoms with E-state index in [1.165, 1.54) is 47.6 Å². The Hall–Kier alpha value is -3.65. The molecule has 1 amide bonds. The van der Waals surface area contributed by atoms with E-state index >= 15 is 0 Å². The van der Waals surface area contributed by atoms with Crippen LogP contribution in [0.1, 0.15) is 16.8 Å². The molecule has 0 fully saturated rings. The lowest BCUT2D eigenvalue weighted by Crippen LogP contribution is -2.25. The Morgan fingerprint density at radius 3 is 2.45 bits per heavy atom. The maximum Gasteiger partial charge on any atom is 0.261 e. The Bertz CT molecular complexity index is 1280. The van der Waals surface area contributed by atoms with Crippen LogP contribution in [0.15, 0.2) is 90.2 Å². The second-order valence-corrected chi connectivity index (χ2v) is 8.73. The molecule has 158 valence electrons. The van der Waals surface area contributed by atoms with Crippen molar-refractivity contribution < 1.29 is 13.2 Å². The third-order valence-electron chi connectivity index (χ3n) is 4.90. The summed E-state index contributed by atoms with van der Waals surface area (Å²) in [4.78, 5) is 16.3. The van der Waals surface area contributed by atoms with Crippen LogP contribution >= 0.6 is 0 Å². The molecule has 2 N–H and O–H groups in total. The molecule has 2 aromatic heterocycles. The molecule has 7 nitrogen and oxygen atoms in total. The number of carbonyl (C=O) groups is 1. The molecule has 0 aliphatic heterocycles. The molecular formula is C23H22N4O3S. The van der Waals surface area contributed by atoms with Gasteiger partial charge in [-0.05, 0) is 60.3 Å². The summed E-state index contributed by atoms with van der Waals surface area (Å²) in [6, 6.07) is 19.2. The monoisotopic (exact) mass is 434 g/mol. The van der Waals surface area contributed by atoms with E-state index in [4.69, 9.17) is 0 Å². The van der Waals surface area contributed by atoms with Gasteiger partial charge in [0, 0.05) is 42.8 Å².